The number of methoxy groups -OCH3 is 1. The van der Waals surface area contributed by atoms with Gasteiger partial charge >= 0.3 is 5.97 Å². The minimum absolute atomic E-state index is 0.265. The highest BCUT2D eigenvalue weighted by atomic mass is 16.5. The van der Waals surface area contributed by atoms with Crippen LogP contribution in [0, 0.1) is 5.41 Å². The first-order valence-electron chi connectivity index (χ1n) is 5.95. The second-order valence-corrected chi connectivity index (χ2v) is 4.92. The molecule has 18 heavy (non-hydrogen) atoms. The normalized spacial score (nSPS) is 13.1. The maximum Gasteiger partial charge on any atom is 0.311 e. The Balaban J connectivity index is 2.49. The Labute approximate surface area is 108 Å². The van der Waals surface area contributed by atoms with E-state index in [0.717, 1.165) is 5.56 Å². The Morgan fingerprint density at radius 2 is 1.94 bits per heavy atom. The van der Waals surface area contributed by atoms with E-state index in [1.54, 1.807) is 13.8 Å². The first-order chi connectivity index (χ1) is 8.45. The maximum atomic E-state index is 12.0. The lowest BCUT2D eigenvalue weighted by molar-refractivity contribution is -0.157. The first-order valence-corrected chi connectivity index (χ1v) is 5.95. The summed E-state index contributed by atoms with van der Waals surface area (Å²) in [5.41, 5.74) is 6.00. The van der Waals surface area contributed by atoms with Crippen LogP contribution in [0.25, 0.3) is 0 Å². The molecular weight excluding hydrogens is 230 g/mol. The van der Waals surface area contributed by atoms with E-state index in [1.807, 2.05) is 30.3 Å². The second-order valence-electron chi connectivity index (χ2n) is 4.92. The number of hydrogen-bond acceptors (Lipinski definition) is 4. The van der Waals surface area contributed by atoms with Gasteiger partial charge in [0.1, 0.15) is 12.8 Å². The number of nitrogens with two attached hydrogens (primary N) is 1. The zero-order valence-corrected chi connectivity index (χ0v) is 11.2. The number of hydrogen-bond donors (Lipinski definition) is 1. The summed E-state index contributed by atoms with van der Waals surface area (Å²) in [6.45, 7) is 3.89. The number of benzene rings is 1. The van der Waals surface area contributed by atoms with Crippen molar-refractivity contribution in [1.29, 1.82) is 0 Å². The van der Waals surface area contributed by atoms with E-state index in [1.165, 1.54) is 7.11 Å². The lowest BCUT2D eigenvalue weighted by Gasteiger charge is -2.25. The Hall–Kier alpha value is -1.39. The minimum Gasteiger partial charge on any atom is -0.460 e. The monoisotopic (exact) mass is 251 g/mol. The van der Waals surface area contributed by atoms with Crippen molar-refractivity contribution in [3.05, 3.63) is 35.9 Å². The number of carbonyl (C=O) groups is 1. The van der Waals surface area contributed by atoms with Crippen LogP contribution < -0.4 is 5.73 Å². The van der Waals surface area contributed by atoms with E-state index in [2.05, 4.69) is 0 Å². The molecule has 0 saturated heterocycles. The highest BCUT2D eigenvalue weighted by Crippen LogP contribution is 2.24. The smallest absolute Gasteiger partial charge is 0.311 e. The molecule has 0 radical (unpaired) electrons. The molecule has 0 aliphatic carbocycles. The Bertz CT molecular complexity index is 376. The summed E-state index contributed by atoms with van der Waals surface area (Å²) in [4.78, 5) is 12.0. The van der Waals surface area contributed by atoms with Gasteiger partial charge in [-0.25, -0.2) is 0 Å². The fourth-order valence-corrected chi connectivity index (χ4v) is 1.59. The molecule has 0 bridgehead atoms. The predicted molar refractivity (Wildman–Crippen MR) is 69.6 cm³/mol. The molecule has 0 fully saturated rings. The van der Waals surface area contributed by atoms with E-state index in [9.17, 15) is 4.79 Å². The molecule has 2 N–H and O–H groups in total. The van der Waals surface area contributed by atoms with Gasteiger partial charge in [0.2, 0.25) is 0 Å². The van der Waals surface area contributed by atoms with Crippen LogP contribution in [0.2, 0.25) is 0 Å². The molecule has 1 aromatic carbocycles. The van der Waals surface area contributed by atoms with Crippen LogP contribution >= 0.6 is 0 Å². The van der Waals surface area contributed by atoms with Gasteiger partial charge < -0.3 is 15.2 Å². The predicted octanol–water partition coefficient (Wildman–Crippen LogP) is 2.08. The van der Waals surface area contributed by atoms with Crippen molar-refractivity contribution >= 4 is 5.97 Å². The molecule has 0 amide bonds. The Kier molecular flexibility index (Phi) is 5.31. The molecule has 0 aromatic heterocycles. The Morgan fingerprint density at radius 1 is 1.33 bits per heavy atom. The number of rotatable bonds is 6. The molecule has 1 rings (SSSR count). The molecule has 4 heteroatoms. The summed E-state index contributed by atoms with van der Waals surface area (Å²) < 4.78 is 10.3. The number of ether oxygens (including phenoxy) is 2. The van der Waals surface area contributed by atoms with Crippen molar-refractivity contribution in [3.63, 3.8) is 0 Å². The summed E-state index contributed by atoms with van der Waals surface area (Å²) >= 11 is 0. The third kappa shape index (κ3) is 4.47. The summed E-state index contributed by atoms with van der Waals surface area (Å²) in [6.07, 6.45) is -0.0267. The van der Waals surface area contributed by atoms with Crippen molar-refractivity contribution in [3.8, 4) is 0 Å². The van der Waals surface area contributed by atoms with Gasteiger partial charge in [-0.1, -0.05) is 30.3 Å². The minimum atomic E-state index is -0.649. The average molecular weight is 251 g/mol. The van der Waals surface area contributed by atoms with E-state index < -0.39 is 11.6 Å². The van der Waals surface area contributed by atoms with Gasteiger partial charge in [0.25, 0.3) is 0 Å². The van der Waals surface area contributed by atoms with Gasteiger partial charge in [-0.05, 0) is 19.4 Å². The van der Waals surface area contributed by atoms with Gasteiger partial charge in [-0.15, -0.1) is 0 Å². The SMILES string of the molecule is COC(N)CC(C)(C)C(=O)OCc1ccccc1. The van der Waals surface area contributed by atoms with E-state index in [-0.39, 0.29) is 12.6 Å². The summed E-state index contributed by atoms with van der Waals surface area (Å²) in [5, 5.41) is 0. The molecule has 0 aliphatic heterocycles. The molecule has 0 saturated carbocycles. The van der Waals surface area contributed by atoms with Crippen LogP contribution in [-0.2, 0) is 20.9 Å². The van der Waals surface area contributed by atoms with Gasteiger partial charge in [0.15, 0.2) is 0 Å². The van der Waals surface area contributed by atoms with Crippen molar-refractivity contribution in [2.45, 2.75) is 33.1 Å². The molecule has 4 nitrogen and oxygen atoms in total. The Morgan fingerprint density at radius 3 is 2.50 bits per heavy atom. The van der Waals surface area contributed by atoms with Gasteiger partial charge in [0.05, 0.1) is 5.41 Å². The topological polar surface area (TPSA) is 61.5 Å². The van der Waals surface area contributed by atoms with Crippen LogP contribution in [0.5, 0.6) is 0 Å². The first kappa shape index (κ1) is 14.7. The third-order valence-corrected chi connectivity index (χ3v) is 2.78. The molecule has 0 spiro atoms. The molecule has 1 atom stereocenters. The van der Waals surface area contributed by atoms with Crippen molar-refractivity contribution in [2.75, 3.05) is 7.11 Å². The lowest BCUT2D eigenvalue weighted by atomic mass is 9.89. The zero-order chi connectivity index (χ0) is 13.6. The molecular formula is C14H21NO3. The summed E-state index contributed by atoms with van der Waals surface area (Å²) in [6, 6.07) is 9.58. The van der Waals surface area contributed by atoms with Crippen LogP contribution in [0.15, 0.2) is 30.3 Å². The van der Waals surface area contributed by atoms with E-state index in [4.69, 9.17) is 15.2 Å². The maximum absolute atomic E-state index is 12.0. The molecule has 100 valence electrons. The lowest BCUT2D eigenvalue weighted by Crippen LogP contribution is -2.35. The summed E-state index contributed by atoms with van der Waals surface area (Å²) in [5.74, 6) is -0.265. The number of esters is 1. The number of carbonyl (C=O) groups excluding carboxylic acids is 1. The zero-order valence-electron chi connectivity index (χ0n) is 11.2. The molecule has 1 aromatic rings. The van der Waals surface area contributed by atoms with E-state index in [0.29, 0.717) is 6.42 Å². The quantitative estimate of drug-likeness (QED) is 0.621. The molecule has 0 aliphatic rings. The van der Waals surface area contributed by atoms with Crippen LogP contribution in [-0.4, -0.2) is 19.3 Å². The van der Waals surface area contributed by atoms with Crippen molar-refractivity contribution < 1.29 is 14.3 Å². The van der Waals surface area contributed by atoms with Crippen molar-refractivity contribution in [2.24, 2.45) is 11.1 Å². The standard InChI is InChI=1S/C14H21NO3/c1-14(2,9-12(15)17-3)13(16)18-10-11-7-5-4-6-8-11/h4-8,12H,9-10,15H2,1-3H3. The second kappa shape index (κ2) is 6.52. The molecule has 1 unspecified atom stereocenters. The highest BCUT2D eigenvalue weighted by molar-refractivity contribution is 5.75. The average Bonchev–Trinajstić information content (AvgIpc) is 2.36. The van der Waals surface area contributed by atoms with Crippen LogP contribution in [0.3, 0.4) is 0 Å². The van der Waals surface area contributed by atoms with E-state index >= 15 is 0 Å². The summed E-state index contributed by atoms with van der Waals surface area (Å²) in [7, 11) is 1.52. The highest BCUT2D eigenvalue weighted by Gasteiger charge is 2.31. The van der Waals surface area contributed by atoms with Gasteiger partial charge in [0, 0.05) is 13.5 Å². The van der Waals surface area contributed by atoms with Crippen LogP contribution in [0.4, 0.5) is 0 Å². The van der Waals surface area contributed by atoms with Crippen molar-refractivity contribution in [1.82, 2.24) is 0 Å². The van der Waals surface area contributed by atoms with Gasteiger partial charge in [-0.2, -0.15) is 0 Å². The van der Waals surface area contributed by atoms with Gasteiger partial charge in [-0.3, -0.25) is 4.79 Å². The fourth-order valence-electron chi connectivity index (χ4n) is 1.59. The van der Waals surface area contributed by atoms with Crippen LogP contribution in [0.1, 0.15) is 25.8 Å². The molecule has 0 heterocycles. The third-order valence-electron chi connectivity index (χ3n) is 2.78. The largest absolute Gasteiger partial charge is 0.460 e. The fraction of sp³-hybridized carbons (Fsp3) is 0.500.